The molecule has 0 unspecified atom stereocenters. The first-order valence-electron chi connectivity index (χ1n) is 7.84. The van der Waals surface area contributed by atoms with Gasteiger partial charge in [-0.25, -0.2) is 0 Å². The molecule has 1 aromatic rings. The van der Waals surface area contributed by atoms with Crippen LogP contribution in [0.25, 0.3) is 0 Å². The molecule has 0 atom stereocenters. The second-order valence-corrected chi connectivity index (χ2v) is 7.82. The van der Waals surface area contributed by atoms with Crippen LogP contribution in [0.1, 0.15) is 40.5 Å². The highest BCUT2D eigenvalue weighted by molar-refractivity contribution is 6.28. The lowest BCUT2D eigenvalue weighted by atomic mass is 9.71. The molecule has 130 valence electrons. The Labute approximate surface area is 147 Å². The summed E-state index contributed by atoms with van der Waals surface area (Å²) in [6.07, 6.45) is 2.91. The third kappa shape index (κ3) is 4.56. The molecule has 1 saturated heterocycles. The highest BCUT2D eigenvalue weighted by Gasteiger charge is 2.48. The number of anilines is 2. The fourth-order valence-corrected chi connectivity index (χ4v) is 3.79. The van der Waals surface area contributed by atoms with Crippen molar-refractivity contribution >= 4 is 23.5 Å². The average molecular weight is 350 g/mol. The molecular weight excluding hydrogens is 326 g/mol. The largest absolute Gasteiger partial charge is 0.351 e. The summed E-state index contributed by atoms with van der Waals surface area (Å²) in [6, 6.07) is 2.43. The zero-order valence-electron chi connectivity index (χ0n) is 14.6. The minimum absolute atomic E-state index is 0.0691. The van der Waals surface area contributed by atoms with Crippen LogP contribution in [0, 0.1) is 11.3 Å². The van der Waals surface area contributed by atoms with Crippen molar-refractivity contribution in [3.63, 3.8) is 0 Å². The van der Waals surface area contributed by atoms with Gasteiger partial charge in [0.2, 0.25) is 17.2 Å². The van der Waals surface area contributed by atoms with Gasteiger partial charge in [0, 0.05) is 30.5 Å². The molecule has 0 amide bonds. The Bertz CT molecular complexity index is 647. The third-order valence-electron chi connectivity index (χ3n) is 3.74. The first-order valence-corrected chi connectivity index (χ1v) is 8.22. The topological polar surface area (TPSA) is 98.5 Å². The fraction of sp³-hybridized carbons (Fsp3) is 0.625. The summed E-state index contributed by atoms with van der Waals surface area (Å²) in [6.45, 7) is 12.5. The lowest BCUT2D eigenvalue weighted by molar-refractivity contribution is 0.143. The van der Waals surface area contributed by atoms with Crippen LogP contribution in [0.4, 0.5) is 11.9 Å². The van der Waals surface area contributed by atoms with E-state index in [0.29, 0.717) is 25.3 Å². The van der Waals surface area contributed by atoms with Crippen molar-refractivity contribution < 1.29 is 0 Å². The lowest BCUT2D eigenvalue weighted by Crippen LogP contribution is -2.65. The fourth-order valence-electron chi connectivity index (χ4n) is 3.63. The molecule has 0 bridgehead atoms. The minimum Gasteiger partial charge on any atom is -0.351 e. The van der Waals surface area contributed by atoms with E-state index in [-0.39, 0.29) is 22.3 Å². The van der Waals surface area contributed by atoms with Crippen LogP contribution >= 0.6 is 11.6 Å². The van der Waals surface area contributed by atoms with Gasteiger partial charge in [0.1, 0.15) is 5.54 Å². The molecule has 0 spiro atoms. The van der Waals surface area contributed by atoms with Crippen molar-refractivity contribution in [1.82, 2.24) is 20.3 Å². The van der Waals surface area contributed by atoms with Gasteiger partial charge in [0.25, 0.3) is 0 Å². The Balaban J connectivity index is 2.31. The zero-order chi connectivity index (χ0) is 18.0. The van der Waals surface area contributed by atoms with E-state index < -0.39 is 5.54 Å². The van der Waals surface area contributed by atoms with E-state index >= 15 is 0 Å². The number of nitrogens with zero attached hydrogens (tertiary/aromatic N) is 4. The number of hydrogen-bond acceptors (Lipinski definition) is 7. The summed E-state index contributed by atoms with van der Waals surface area (Å²) in [4.78, 5) is 12.4. The Morgan fingerprint density at radius 1 is 1.21 bits per heavy atom. The highest BCUT2D eigenvalue weighted by Crippen LogP contribution is 2.37. The smallest absolute Gasteiger partial charge is 0.230 e. The first-order chi connectivity index (χ1) is 11.1. The van der Waals surface area contributed by atoms with Gasteiger partial charge in [-0.3, -0.25) is 0 Å². The van der Waals surface area contributed by atoms with E-state index in [9.17, 15) is 5.26 Å². The second kappa shape index (κ2) is 6.54. The van der Waals surface area contributed by atoms with Crippen molar-refractivity contribution in [2.75, 3.05) is 17.2 Å². The molecule has 24 heavy (non-hydrogen) atoms. The number of aromatic nitrogens is 3. The number of halogens is 1. The van der Waals surface area contributed by atoms with Crippen molar-refractivity contribution in [2.24, 2.45) is 0 Å². The maximum absolute atomic E-state index is 9.87. The Morgan fingerprint density at radius 3 is 2.33 bits per heavy atom. The number of rotatable bonds is 5. The quantitative estimate of drug-likeness (QED) is 0.703. The number of nitrogens with one attached hydrogen (secondary N) is 3. The maximum atomic E-state index is 9.87. The van der Waals surface area contributed by atoms with Gasteiger partial charge in [-0.15, -0.1) is 6.58 Å². The summed E-state index contributed by atoms with van der Waals surface area (Å²) in [5.41, 5.74) is -1.20. The van der Waals surface area contributed by atoms with Crippen LogP contribution < -0.4 is 16.0 Å². The van der Waals surface area contributed by atoms with E-state index in [1.165, 1.54) is 0 Å². The molecule has 1 aromatic heterocycles. The molecule has 2 heterocycles. The number of hydrogen-bond donors (Lipinski definition) is 3. The van der Waals surface area contributed by atoms with E-state index in [1.54, 1.807) is 6.08 Å². The Kier molecular flexibility index (Phi) is 5.02. The third-order valence-corrected chi connectivity index (χ3v) is 3.91. The normalized spacial score (nSPS) is 20.7. The zero-order valence-corrected chi connectivity index (χ0v) is 15.3. The Morgan fingerprint density at radius 2 is 1.79 bits per heavy atom. The van der Waals surface area contributed by atoms with Crippen LogP contribution in [0.5, 0.6) is 0 Å². The van der Waals surface area contributed by atoms with E-state index in [4.69, 9.17) is 11.6 Å². The average Bonchev–Trinajstić information content (AvgIpc) is 2.41. The predicted molar refractivity (Wildman–Crippen MR) is 96.0 cm³/mol. The van der Waals surface area contributed by atoms with Crippen molar-refractivity contribution in [3.05, 3.63) is 17.9 Å². The van der Waals surface area contributed by atoms with Crippen LogP contribution in [-0.4, -0.2) is 38.1 Å². The van der Waals surface area contributed by atoms with Crippen LogP contribution in [-0.2, 0) is 0 Å². The first kappa shape index (κ1) is 18.4. The van der Waals surface area contributed by atoms with E-state index in [0.717, 1.165) is 0 Å². The van der Waals surface area contributed by atoms with Gasteiger partial charge in [-0.05, 0) is 39.3 Å². The molecule has 8 heteroatoms. The lowest BCUT2D eigenvalue weighted by Gasteiger charge is -2.50. The van der Waals surface area contributed by atoms with Gasteiger partial charge in [0.15, 0.2) is 0 Å². The second-order valence-electron chi connectivity index (χ2n) is 7.49. The van der Waals surface area contributed by atoms with E-state index in [1.807, 2.05) is 0 Å². The SMILES string of the molecule is C=CCNc1nc(Cl)nc(NC2(C#N)CC(C)(C)NC(C)(C)C2)n1. The van der Waals surface area contributed by atoms with Crippen LogP contribution in [0.2, 0.25) is 5.28 Å². The van der Waals surface area contributed by atoms with Gasteiger partial charge in [-0.2, -0.15) is 20.2 Å². The summed E-state index contributed by atoms with van der Waals surface area (Å²) in [5.74, 6) is 0.634. The maximum Gasteiger partial charge on any atom is 0.230 e. The van der Waals surface area contributed by atoms with Crippen molar-refractivity contribution in [2.45, 2.75) is 57.2 Å². The highest BCUT2D eigenvalue weighted by atomic mass is 35.5. The molecule has 0 saturated carbocycles. The van der Waals surface area contributed by atoms with Gasteiger partial charge in [-0.1, -0.05) is 6.08 Å². The summed E-state index contributed by atoms with van der Waals surface area (Å²) >= 11 is 5.98. The van der Waals surface area contributed by atoms with Gasteiger partial charge < -0.3 is 16.0 Å². The summed E-state index contributed by atoms with van der Waals surface area (Å²) in [5, 5.41) is 19.7. The van der Waals surface area contributed by atoms with Gasteiger partial charge >= 0.3 is 0 Å². The molecule has 1 aliphatic heterocycles. The summed E-state index contributed by atoms with van der Waals surface area (Å²) in [7, 11) is 0. The molecule has 7 nitrogen and oxygen atoms in total. The monoisotopic (exact) mass is 349 g/mol. The van der Waals surface area contributed by atoms with Gasteiger partial charge in [0.05, 0.1) is 6.07 Å². The predicted octanol–water partition coefficient (Wildman–Crippen LogP) is 2.74. The minimum atomic E-state index is -0.793. The molecule has 1 aliphatic rings. The van der Waals surface area contributed by atoms with E-state index in [2.05, 4.69) is 71.2 Å². The van der Waals surface area contributed by atoms with Crippen molar-refractivity contribution in [3.8, 4) is 6.07 Å². The van der Waals surface area contributed by atoms with Crippen LogP contribution in [0.3, 0.4) is 0 Å². The number of nitriles is 1. The van der Waals surface area contributed by atoms with Crippen molar-refractivity contribution in [1.29, 1.82) is 5.26 Å². The molecule has 0 aliphatic carbocycles. The van der Waals surface area contributed by atoms with Crippen LogP contribution in [0.15, 0.2) is 12.7 Å². The molecule has 1 fully saturated rings. The molecule has 0 aromatic carbocycles. The molecular formula is C16H24ClN7. The Hall–Kier alpha value is -1.91. The molecule has 3 N–H and O–H groups in total. The molecule has 2 rings (SSSR count). The summed E-state index contributed by atoms with van der Waals surface area (Å²) < 4.78 is 0. The molecule has 0 radical (unpaired) electrons. The number of piperidine rings is 1. The standard InChI is InChI=1S/C16H24ClN7/c1-6-7-19-12-20-11(17)21-13(22-12)23-16(10-18)8-14(2,3)24-15(4,5)9-16/h6,24H,1,7-9H2,2-5H3,(H2,19,20,21,22,23).